The van der Waals surface area contributed by atoms with Gasteiger partial charge in [0.1, 0.15) is 11.5 Å². The van der Waals surface area contributed by atoms with Crippen molar-refractivity contribution in [3.63, 3.8) is 0 Å². The van der Waals surface area contributed by atoms with E-state index >= 15 is 0 Å². The molecule has 0 unspecified atom stereocenters. The molecule has 31 heavy (non-hydrogen) atoms. The number of halogens is 1. The Labute approximate surface area is 184 Å². The Morgan fingerprint density at radius 2 is 1.71 bits per heavy atom. The fourth-order valence-corrected chi connectivity index (χ4v) is 4.14. The summed E-state index contributed by atoms with van der Waals surface area (Å²) in [6.45, 7) is 4.96. The first-order valence-corrected chi connectivity index (χ1v) is 10.5. The van der Waals surface area contributed by atoms with Crippen molar-refractivity contribution in [1.82, 2.24) is 0 Å². The van der Waals surface area contributed by atoms with Crippen LogP contribution in [-0.4, -0.2) is 30.2 Å². The van der Waals surface area contributed by atoms with Crippen molar-refractivity contribution in [3.8, 4) is 11.5 Å². The van der Waals surface area contributed by atoms with Gasteiger partial charge in [0.05, 0.1) is 31.7 Å². The largest absolute Gasteiger partial charge is 0.493 e. The highest BCUT2D eigenvalue weighted by Gasteiger charge is 2.36. The second-order valence-corrected chi connectivity index (χ2v) is 7.63. The van der Waals surface area contributed by atoms with Crippen molar-refractivity contribution < 1.29 is 24.2 Å². The second-order valence-electron chi connectivity index (χ2n) is 7.20. The Kier molecular flexibility index (Phi) is 5.74. The van der Waals surface area contributed by atoms with Crippen molar-refractivity contribution in [3.05, 3.63) is 64.2 Å². The average molecular weight is 440 g/mol. The number of aliphatic carboxylic acids is 1. The number of carbonyl (C=O) groups excluding carboxylic acids is 1. The molecule has 1 aliphatic heterocycles. The predicted molar refractivity (Wildman–Crippen MR) is 120 cm³/mol. The summed E-state index contributed by atoms with van der Waals surface area (Å²) >= 11 is 6.26. The zero-order chi connectivity index (χ0) is 22.1. The van der Waals surface area contributed by atoms with Crippen LogP contribution < -0.4 is 14.4 Å². The Balaban J connectivity index is 1.85. The summed E-state index contributed by atoms with van der Waals surface area (Å²) in [5, 5.41) is 11.1. The van der Waals surface area contributed by atoms with Crippen LogP contribution in [0.3, 0.4) is 0 Å². The van der Waals surface area contributed by atoms with E-state index in [0.717, 1.165) is 16.3 Å². The number of carboxylic acid groups (broad SMARTS) is 1. The van der Waals surface area contributed by atoms with Gasteiger partial charge in [-0.3, -0.25) is 9.59 Å². The van der Waals surface area contributed by atoms with E-state index in [1.54, 1.807) is 35.2 Å². The lowest BCUT2D eigenvalue weighted by atomic mass is 9.99. The monoisotopic (exact) mass is 439 g/mol. The Hall–Kier alpha value is -3.25. The summed E-state index contributed by atoms with van der Waals surface area (Å²) in [4.78, 5) is 26.1. The van der Waals surface area contributed by atoms with Gasteiger partial charge in [-0.1, -0.05) is 23.7 Å². The minimum absolute atomic E-state index is 0.0659. The third kappa shape index (κ3) is 3.79. The molecule has 1 aliphatic rings. The summed E-state index contributed by atoms with van der Waals surface area (Å²) in [5.74, 6) is 0.0899. The molecular formula is C24H22ClNO5. The molecular weight excluding hydrogens is 418 g/mol. The van der Waals surface area contributed by atoms with Crippen LogP contribution in [0.2, 0.25) is 5.02 Å². The van der Waals surface area contributed by atoms with Gasteiger partial charge in [-0.15, -0.1) is 0 Å². The SMILES string of the molecule is CCOc1c2c(c(OCC)c3ccc(Cl)cc13)C(=O)N(c1ccc(CC(=O)O)cc1)C2. The van der Waals surface area contributed by atoms with Gasteiger partial charge in [0.25, 0.3) is 5.91 Å². The summed E-state index contributed by atoms with van der Waals surface area (Å²) in [7, 11) is 0. The topological polar surface area (TPSA) is 76.1 Å². The minimum Gasteiger partial charge on any atom is -0.493 e. The number of benzene rings is 3. The molecule has 0 atom stereocenters. The molecule has 0 aromatic heterocycles. The summed E-state index contributed by atoms with van der Waals surface area (Å²) in [6.07, 6.45) is -0.0659. The Morgan fingerprint density at radius 3 is 2.35 bits per heavy atom. The minimum atomic E-state index is -0.898. The van der Waals surface area contributed by atoms with E-state index in [4.69, 9.17) is 26.2 Å². The Morgan fingerprint density at radius 1 is 1.03 bits per heavy atom. The highest BCUT2D eigenvalue weighted by Crippen LogP contribution is 2.46. The van der Waals surface area contributed by atoms with Crippen molar-refractivity contribution >= 4 is 39.9 Å². The van der Waals surface area contributed by atoms with Crippen LogP contribution in [0.4, 0.5) is 5.69 Å². The van der Waals surface area contributed by atoms with Gasteiger partial charge in [0.15, 0.2) is 0 Å². The normalized spacial score (nSPS) is 12.9. The lowest BCUT2D eigenvalue weighted by Gasteiger charge is -2.17. The lowest BCUT2D eigenvalue weighted by Crippen LogP contribution is -2.23. The average Bonchev–Trinajstić information content (AvgIpc) is 3.08. The molecule has 3 aromatic carbocycles. The zero-order valence-electron chi connectivity index (χ0n) is 17.3. The van der Waals surface area contributed by atoms with Crippen LogP contribution >= 0.6 is 11.6 Å². The van der Waals surface area contributed by atoms with Gasteiger partial charge in [-0.2, -0.15) is 0 Å². The van der Waals surface area contributed by atoms with E-state index < -0.39 is 5.97 Å². The number of hydrogen-bond donors (Lipinski definition) is 1. The molecule has 7 heteroatoms. The summed E-state index contributed by atoms with van der Waals surface area (Å²) in [6, 6.07) is 12.4. The number of fused-ring (bicyclic) bond motifs is 2. The molecule has 0 spiro atoms. The van der Waals surface area contributed by atoms with Gasteiger partial charge >= 0.3 is 5.97 Å². The number of amides is 1. The third-order valence-corrected chi connectivity index (χ3v) is 5.46. The molecule has 0 radical (unpaired) electrons. The number of nitrogens with zero attached hydrogens (tertiary/aromatic N) is 1. The maximum absolute atomic E-state index is 13.5. The zero-order valence-corrected chi connectivity index (χ0v) is 18.0. The first kappa shape index (κ1) is 21.0. The van der Waals surface area contributed by atoms with Crippen molar-refractivity contribution in [2.75, 3.05) is 18.1 Å². The van der Waals surface area contributed by atoms with Crippen LogP contribution in [0, 0.1) is 0 Å². The molecule has 1 amide bonds. The molecule has 6 nitrogen and oxygen atoms in total. The van der Waals surface area contributed by atoms with Gasteiger partial charge < -0.3 is 19.5 Å². The van der Waals surface area contributed by atoms with Gasteiger partial charge in [0.2, 0.25) is 0 Å². The van der Waals surface area contributed by atoms with Gasteiger partial charge in [0, 0.05) is 27.0 Å². The number of hydrogen-bond acceptors (Lipinski definition) is 4. The fraction of sp³-hybridized carbons (Fsp3) is 0.250. The van der Waals surface area contributed by atoms with Crippen LogP contribution in [0.5, 0.6) is 11.5 Å². The van der Waals surface area contributed by atoms with Crippen molar-refractivity contribution in [1.29, 1.82) is 0 Å². The van der Waals surface area contributed by atoms with Crippen LogP contribution in [0.1, 0.15) is 35.3 Å². The Bertz CT molecular complexity index is 1170. The highest BCUT2D eigenvalue weighted by molar-refractivity contribution is 6.31. The molecule has 0 saturated heterocycles. The standard InChI is InChI=1S/C24H22ClNO5/c1-3-30-22-18-12-15(25)7-10-17(18)23(31-4-2)21-19(22)13-26(24(21)29)16-8-5-14(6-9-16)11-20(27)28/h5-10,12H,3-4,11,13H2,1-2H3,(H,27,28). The number of anilines is 1. The van der Waals surface area contributed by atoms with Gasteiger partial charge in [-0.05, 0) is 49.7 Å². The fourth-order valence-electron chi connectivity index (χ4n) is 3.97. The maximum atomic E-state index is 13.5. The first-order chi connectivity index (χ1) is 14.9. The van der Waals surface area contributed by atoms with Crippen LogP contribution in [0.25, 0.3) is 10.8 Å². The molecule has 0 saturated carbocycles. The highest BCUT2D eigenvalue weighted by atomic mass is 35.5. The smallest absolute Gasteiger partial charge is 0.307 e. The van der Waals surface area contributed by atoms with E-state index in [2.05, 4.69) is 0 Å². The molecule has 0 aliphatic carbocycles. The molecule has 160 valence electrons. The lowest BCUT2D eigenvalue weighted by molar-refractivity contribution is -0.136. The molecule has 4 rings (SSSR count). The summed E-state index contributed by atoms with van der Waals surface area (Å²) < 4.78 is 11.9. The quantitative estimate of drug-likeness (QED) is 0.555. The maximum Gasteiger partial charge on any atom is 0.307 e. The number of ether oxygens (including phenoxy) is 2. The van der Waals surface area contributed by atoms with Crippen LogP contribution in [0.15, 0.2) is 42.5 Å². The predicted octanol–water partition coefficient (Wildman–Crippen LogP) is 5.08. The number of carbonyl (C=O) groups is 2. The first-order valence-electron chi connectivity index (χ1n) is 10.1. The van der Waals surface area contributed by atoms with E-state index in [9.17, 15) is 9.59 Å². The van der Waals surface area contributed by atoms with E-state index in [0.29, 0.717) is 53.1 Å². The molecule has 0 bridgehead atoms. The molecule has 0 fully saturated rings. The van der Waals surface area contributed by atoms with Crippen molar-refractivity contribution in [2.24, 2.45) is 0 Å². The van der Waals surface area contributed by atoms with E-state index in [1.165, 1.54) is 0 Å². The second kappa shape index (κ2) is 8.47. The molecule has 1 heterocycles. The van der Waals surface area contributed by atoms with E-state index in [-0.39, 0.29) is 12.3 Å². The number of rotatable bonds is 7. The summed E-state index contributed by atoms with van der Waals surface area (Å²) in [5.41, 5.74) is 2.61. The van der Waals surface area contributed by atoms with E-state index in [1.807, 2.05) is 26.0 Å². The van der Waals surface area contributed by atoms with Gasteiger partial charge in [-0.25, -0.2) is 0 Å². The number of carboxylic acids is 1. The van der Waals surface area contributed by atoms with Crippen LogP contribution in [-0.2, 0) is 17.8 Å². The molecule has 3 aromatic rings. The third-order valence-electron chi connectivity index (χ3n) is 5.23. The molecule has 1 N–H and O–H groups in total. The van der Waals surface area contributed by atoms with Crippen molar-refractivity contribution in [2.45, 2.75) is 26.8 Å².